The molecule has 0 saturated carbocycles. The van der Waals surface area contributed by atoms with E-state index in [2.05, 4.69) is 82.1 Å². The molecule has 3 heterocycles. The van der Waals surface area contributed by atoms with Gasteiger partial charge in [0, 0.05) is 34.4 Å². The average Bonchev–Trinajstić information content (AvgIpc) is 3.26. The van der Waals surface area contributed by atoms with E-state index < -0.39 is 0 Å². The van der Waals surface area contributed by atoms with Gasteiger partial charge >= 0.3 is 0 Å². The third-order valence-corrected chi connectivity index (χ3v) is 4.70. The average molecular weight is 323 g/mol. The van der Waals surface area contributed by atoms with Crippen LogP contribution >= 0.6 is 0 Å². The van der Waals surface area contributed by atoms with Crippen LogP contribution in [0.1, 0.15) is 5.56 Å². The van der Waals surface area contributed by atoms with Gasteiger partial charge < -0.3 is 4.98 Å². The summed E-state index contributed by atoms with van der Waals surface area (Å²) in [4.78, 5) is 7.90. The summed E-state index contributed by atoms with van der Waals surface area (Å²) in [5.41, 5.74) is 6.86. The molecule has 0 aliphatic rings. The number of H-pyrrole nitrogens is 1. The highest BCUT2D eigenvalue weighted by Gasteiger charge is 2.13. The number of rotatable bonds is 2. The molecule has 5 rings (SSSR count). The van der Waals surface area contributed by atoms with Crippen LogP contribution in [-0.4, -0.2) is 14.5 Å². The zero-order valence-corrected chi connectivity index (χ0v) is 13.9. The molecule has 2 aromatic carbocycles. The summed E-state index contributed by atoms with van der Waals surface area (Å²) in [5, 5.41) is 2.34. The number of hydrogen-bond donors (Lipinski definition) is 1. The van der Waals surface area contributed by atoms with Crippen molar-refractivity contribution in [1.29, 1.82) is 0 Å². The van der Waals surface area contributed by atoms with Gasteiger partial charge in [-0.1, -0.05) is 29.8 Å². The number of nitrogens with one attached hydrogen (secondary N) is 1. The Hall–Kier alpha value is -3.33. The molecular formula is C22H17N3. The molecule has 0 atom stereocenters. The molecule has 3 aromatic heterocycles. The van der Waals surface area contributed by atoms with Crippen molar-refractivity contribution in [2.75, 3.05) is 0 Å². The zero-order valence-electron chi connectivity index (χ0n) is 13.9. The van der Waals surface area contributed by atoms with Gasteiger partial charge in [-0.2, -0.15) is 0 Å². The van der Waals surface area contributed by atoms with Crippen LogP contribution < -0.4 is 0 Å². The van der Waals surface area contributed by atoms with E-state index in [0.29, 0.717) is 0 Å². The van der Waals surface area contributed by atoms with E-state index in [-0.39, 0.29) is 0 Å². The van der Waals surface area contributed by atoms with Crippen molar-refractivity contribution in [1.82, 2.24) is 14.5 Å². The molecule has 3 heteroatoms. The van der Waals surface area contributed by atoms with Gasteiger partial charge in [0.05, 0.1) is 5.69 Å². The summed E-state index contributed by atoms with van der Waals surface area (Å²) in [6.45, 7) is 2.11. The van der Waals surface area contributed by atoms with Crippen LogP contribution in [0.4, 0.5) is 0 Å². The van der Waals surface area contributed by atoms with Crippen LogP contribution in [0.25, 0.3) is 38.9 Å². The van der Waals surface area contributed by atoms with Crippen molar-refractivity contribution in [3.63, 3.8) is 0 Å². The number of pyridine rings is 1. The molecule has 1 N–H and O–H groups in total. The van der Waals surface area contributed by atoms with Crippen LogP contribution in [-0.2, 0) is 0 Å². The molecule has 0 aliphatic carbocycles. The van der Waals surface area contributed by atoms with Crippen molar-refractivity contribution in [3.8, 4) is 16.9 Å². The van der Waals surface area contributed by atoms with Gasteiger partial charge in [-0.05, 0) is 55.0 Å². The minimum atomic E-state index is 0.980. The highest BCUT2D eigenvalue weighted by molar-refractivity contribution is 5.88. The van der Waals surface area contributed by atoms with Crippen LogP contribution in [0.15, 0.2) is 79.1 Å². The molecule has 0 saturated heterocycles. The van der Waals surface area contributed by atoms with E-state index in [9.17, 15) is 0 Å². The molecule has 0 spiro atoms. The lowest BCUT2D eigenvalue weighted by Crippen LogP contribution is -1.98. The summed E-state index contributed by atoms with van der Waals surface area (Å²) >= 11 is 0. The number of benzene rings is 2. The van der Waals surface area contributed by atoms with E-state index in [1.54, 1.807) is 0 Å². The van der Waals surface area contributed by atoms with Crippen molar-refractivity contribution < 1.29 is 0 Å². The van der Waals surface area contributed by atoms with Gasteiger partial charge in [-0.15, -0.1) is 0 Å². The number of aromatic amines is 1. The lowest BCUT2D eigenvalue weighted by Gasteiger charge is -2.11. The van der Waals surface area contributed by atoms with E-state index in [1.165, 1.54) is 16.5 Å². The van der Waals surface area contributed by atoms with Gasteiger partial charge in [-0.3, -0.25) is 4.57 Å². The maximum atomic E-state index is 4.64. The van der Waals surface area contributed by atoms with Gasteiger partial charge in [-0.25, -0.2) is 4.98 Å². The molecule has 120 valence electrons. The fourth-order valence-electron chi connectivity index (χ4n) is 3.41. The smallest absolute Gasteiger partial charge is 0.144 e. The Balaban J connectivity index is 1.83. The SMILES string of the molecule is Cc1ccc(-c2cc3cccnc3n2-c2ccc3[nH]ccc3c2)cc1. The molecule has 0 bridgehead atoms. The predicted molar refractivity (Wildman–Crippen MR) is 103 cm³/mol. The normalized spacial score (nSPS) is 11.4. The van der Waals surface area contributed by atoms with E-state index in [0.717, 1.165) is 27.9 Å². The van der Waals surface area contributed by atoms with E-state index in [1.807, 2.05) is 18.5 Å². The van der Waals surface area contributed by atoms with Crippen molar-refractivity contribution in [2.45, 2.75) is 6.92 Å². The molecule has 0 amide bonds. The molecule has 0 fully saturated rings. The highest BCUT2D eigenvalue weighted by atomic mass is 15.0. The highest BCUT2D eigenvalue weighted by Crippen LogP contribution is 2.31. The number of aromatic nitrogens is 3. The van der Waals surface area contributed by atoms with Crippen molar-refractivity contribution >= 4 is 21.9 Å². The Labute approximate surface area is 145 Å². The zero-order chi connectivity index (χ0) is 16.8. The van der Waals surface area contributed by atoms with Gasteiger partial charge in [0.2, 0.25) is 0 Å². The Morgan fingerprint density at radius 2 is 1.76 bits per heavy atom. The summed E-state index contributed by atoms with van der Waals surface area (Å²) in [7, 11) is 0. The van der Waals surface area contributed by atoms with E-state index >= 15 is 0 Å². The number of aryl methyl sites for hydroxylation is 1. The molecule has 3 nitrogen and oxygen atoms in total. The second-order valence-electron chi connectivity index (χ2n) is 6.40. The first kappa shape index (κ1) is 14.1. The Morgan fingerprint density at radius 1 is 0.880 bits per heavy atom. The van der Waals surface area contributed by atoms with Crippen LogP contribution in [0, 0.1) is 6.92 Å². The maximum Gasteiger partial charge on any atom is 0.144 e. The van der Waals surface area contributed by atoms with Crippen LogP contribution in [0.3, 0.4) is 0 Å². The van der Waals surface area contributed by atoms with Crippen molar-refractivity contribution in [2.24, 2.45) is 0 Å². The van der Waals surface area contributed by atoms with Crippen molar-refractivity contribution in [3.05, 3.63) is 84.7 Å². The first-order chi connectivity index (χ1) is 12.3. The van der Waals surface area contributed by atoms with Crippen LogP contribution in [0.5, 0.6) is 0 Å². The van der Waals surface area contributed by atoms with Gasteiger partial charge in [0.25, 0.3) is 0 Å². The Kier molecular flexibility index (Phi) is 3.01. The third-order valence-electron chi connectivity index (χ3n) is 4.70. The molecule has 25 heavy (non-hydrogen) atoms. The second-order valence-corrected chi connectivity index (χ2v) is 6.40. The summed E-state index contributed by atoms with van der Waals surface area (Å²) in [5.74, 6) is 0. The summed E-state index contributed by atoms with van der Waals surface area (Å²) in [6.07, 6.45) is 3.83. The fraction of sp³-hybridized carbons (Fsp3) is 0.0455. The fourth-order valence-corrected chi connectivity index (χ4v) is 3.41. The predicted octanol–water partition coefficient (Wildman–Crippen LogP) is 5.48. The minimum Gasteiger partial charge on any atom is -0.361 e. The Bertz CT molecular complexity index is 1190. The van der Waals surface area contributed by atoms with Crippen LogP contribution in [0.2, 0.25) is 0 Å². The number of hydrogen-bond acceptors (Lipinski definition) is 1. The summed E-state index contributed by atoms with van der Waals surface area (Å²) < 4.78 is 2.24. The largest absolute Gasteiger partial charge is 0.361 e. The topological polar surface area (TPSA) is 33.6 Å². The lowest BCUT2D eigenvalue weighted by molar-refractivity contribution is 1.10. The van der Waals surface area contributed by atoms with E-state index in [4.69, 9.17) is 0 Å². The monoisotopic (exact) mass is 323 g/mol. The summed E-state index contributed by atoms with van der Waals surface area (Å²) in [6, 6.07) is 23.6. The molecule has 0 unspecified atom stereocenters. The minimum absolute atomic E-state index is 0.980. The number of nitrogens with zero attached hydrogens (tertiary/aromatic N) is 2. The van der Waals surface area contributed by atoms with Gasteiger partial charge in [0.15, 0.2) is 0 Å². The third kappa shape index (κ3) is 2.24. The maximum absolute atomic E-state index is 4.64. The molecule has 5 aromatic rings. The lowest BCUT2D eigenvalue weighted by atomic mass is 10.1. The Morgan fingerprint density at radius 3 is 2.64 bits per heavy atom. The molecule has 0 aliphatic heterocycles. The first-order valence-corrected chi connectivity index (χ1v) is 8.41. The molecular weight excluding hydrogens is 306 g/mol. The second kappa shape index (κ2) is 5.35. The van der Waals surface area contributed by atoms with Gasteiger partial charge in [0.1, 0.15) is 5.65 Å². The standard InChI is InChI=1S/C22H17N3/c1-15-4-6-16(7-5-15)21-14-18-3-2-11-24-22(18)25(21)19-8-9-20-17(13-19)10-12-23-20/h2-14,23H,1H3. The first-order valence-electron chi connectivity index (χ1n) is 8.41. The quantitative estimate of drug-likeness (QED) is 0.458. The number of fused-ring (bicyclic) bond motifs is 2. The molecule has 0 radical (unpaired) electrons.